The summed E-state index contributed by atoms with van der Waals surface area (Å²) < 4.78 is 10.2. The third-order valence-electron chi connectivity index (χ3n) is 5.68. The van der Waals surface area contributed by atoms with E-state index in [1.807, 2.05) is 39.0 Å². The molecule has 9 nitrogen and oxygen atoms in total. The molecule has 1 saturated carbocycles. The summed E-state index contributed by atoms with van der Waals surface area (Å²) in [5, 5.41) is 5.32. The molecule has 3 unspecified atom stereocenters. The summed E-state index contributed by atoms with van der Waals surface area (Å²) in [5.41, 5.74) is 1.84. The van der Waals surface area contributed by atoms with Crippen molar-refractivity contribution in [1.82, 2.24) is 15.5 Å². The van der Waals surface area contributed by atoms with Gasteiger partial charge in [-0.2, -0.15) is 0 Å². The molecule has 1 aliphatic rings. The van der Waals surface area contributed by atoms with Gasteiger partial charge in [-0.05, 0) is 65.0 Å². The number of hydrogen-bond acceptors (Lipinski definition) is 6. The first-order valence-corrected chi connectivity index (χ1v) is 12.1. The molecule has 35 heavy (non-hydrogen) atoms. The van der Waals surface area contributed by atoms with Gasteiger partial charge in [0.15, 0.2) is 0 Å². The second-order valence-corrected chi connectivity index (χ2v) is 10.0. The molecule has 0 heterocycles. The van der Waals surface area contributed by atoms with Crippen molar-refractivity contribution >= 4 is 23.9 Å². The van der Waals surface area contributed by atoms with Gasteiger partial charge >= 0.3 is 12.1 Å². The zero-order chi connectivity index (χ0) is 26.3. The Labute approximate surface area is 207 Å². The fraction of sp³-hybridized carbons (Fsp3) is 0.615. The van der Waals surface area contributed by atoms with Gasteiger partial charge in [0, 0.05) is 12.6 Å². The third-order valence-corrected chi connectivity index (χ3v) is 5.68. The average molecular weight is 490 g/mol. The van der Waals surface area contributed by atoms with Crippen LogP contribution >= 0.6 is 0 Å². The number of benzene rings is 1. The summed E-state index contributed by atoms with van der Waals surface area (Å²) in [5.74, 6) is -0.939. The minimum atomic E-state index is -0.903. The van der Waals surface area contributed by atoms with E-state index in [1.54, 1.807) is 32.6 Å². The van der Waals surface area contributed by atoms with Crippen molar-refractivity contribution in [3.63, 3.8) is 0 Å². The molecule has 1 aromatic carbocycles. The van der Waals surface area contributed by atoms with Gasteiger partial charge in [-0.15, -0.1) is 0 Å². The van der Waals surface area contributed by atoms with Crippen molar-refractivity contribution in [2.75, 3.05) is 19.7 Å². The predicted octanol–water partition coefficient (Wildman–Crippen LogP) is 3.18. The maximum Gasteiger partial charge on any atom is 0.408 e. The molecular weight excluding hydrogens is 450 g/mol. The van der Waals surface area contributed by atoms with Crippen LogP contribution in [-0.4, -0.2) is 60.1 Å². The Balaban J connectivity index is 2.30. The number of nitrogens with zero attached hydrogens (tertiary/aromatic N) is 1. The molecule has 1 fully saturated rings. The first-order valence-electron chi connectivity index (χ1n) is 12.1. The van der Waals surface area contributed by atoms with Crippen LogP contribution in [-0.2, 0) is 23.9 Å². The second kappa shape index (κ2) is 12.0. The SMILES string of the molecule is CCOC(=O)CCNC(=O)C(c1cc(C)ccc1C)N(C(=O)CNC(=O)OC(C)(C)C)C1CC1C. The number of carbonyl (C=O) groups excluding carboxylic acids is 4. The van der Waals surface area contributed by atoms with Crippen LogP contribution in [0.5, 0.6) is 0 Å². The number of carbonyl (C=O) groups is 4. The molecule has 0 saturated heterocycles. The summed E-state index contributed by atoms with van der Waals surface area (Å²) in [6, 6.07) is 4.73. The van der Waals surface area contributed by atoms with Crippen LogP contribution in [0, 0.1) is 19.8 Å². The molecule has 0 bridgehead atoms. The zero-order valence-electron chi connectivity index (χ0n) is 21.9. The summed E-state index contributed by atoms with van der Waals surface area (Å²) in [4.78, 5) is 52.3. The van der Waals surface area contributed by atoms with E-state index in [9.17, 15) is 19.2 Å². The Morgan fingerprint density at radius 1 is 1.14 bits per heavy atom. The van der Waals surface area contributed by atoms with Crippen LogP contribution in [0.1, 0.15) is 70.2 Å². The fourth-order valence-electron chi connectivity index (χ4n) is 3.85. The average Bonchev–Trinajstić information content (AvgIpc) is 3.46. The molecule has 2 N–H and O–H groups in total. The Hall–Kier alpha value is -3.10. The fourth-order valence-corrected chi connectivity index (χ4v) is 3.85. The van der Waals surface area contributed by atoms with Crippen molar-refractivity contribution in [2.24, 2.45) is 5.92 Å². The van der Waals surface area contributed by atoms with Crippen LogP contribution in [0.2, 0.25) is 0 Å². The number of ether oxygens (including phenoxy) is 2. The standard InChI is InChI=1S/C26H39N3O6/c1-8-34-22(31)11-12-27-24(32)23(19-13-16(2)9-10-17(19)3)29(20-14-18(20)4)21(30)15-28-25(33)35-26(5,6)7/h9-10,13,18,20,23H,8,11-12,14-15H2,1-7H3,(H,27,32)(H,28,33). The van der Waals surface area contributed by atoms with E-state index in [4.69, 9.17) is 9.47 Å². The Morgan fingerprint density at radius 2 is 1.80 bits per heavy atom. The van der Waals surface area contributed by atoms with Crippen molar-refractivity contribution in [3.05, 3.63) is 34.9 Å². The molecular formula is C26H39N3O6. The van der Waals surface area contributed by atoms with Gasteiger partial charge in [0.05, 0.1) is 13.0 Å². The highest BCUT2D eigenvalue weighted by atomic mass is 16.6. The molecule has 3 atom stereocenters. The van der Waals surface area contributed by atoms with Gasteiger partial charge in [-0.3, -0.25) is 14.4 Å². The van der Waals surface area contributed by atoms with Gasteiger partial charge in [-0.25, -0.2) is 4.79 Å². The smallest absolute Gasteiger partial charge is 0.408 e. The normalized spacial score (nSPS) is 17.7. The molecule has 1 aromatic rings. The largest absolute Gasteiger partial charge is 0.466 e. The lowest BCUT2D eigenvalue weighted by molar-refractivity contribution is -0.144. The van der Waals surface area contributed by atoms with E-state index in [2.05, 4.69) is 10.6 Å². The van der Waals surface area contributed by atoms with Crippen LogP contribution < -0.4 is 10.6 Å². The topological polar surface area (TPSA) is 114 Å². The third kappa shape index (κ3) is 8.56. The van der Waals surface area contributed by atoms with Crippen molar-refractivity contribution in [2.45, 2.75) is 79.0 Å². The molecule has 0 aromatic heterocycles. The molecule has 3 amide bonds. The van der Waals surface area contributed by atoms with Gasteiger partial charge in [0.2, 0.25) is 11.8 Å². The summed E-state index contributed by atoms with van der Waals surface area (Å²) >= 11 is 0. The molecule has 1 aliphatic carbocycles. The van der Waals surface area contributed by atoms with Crippen LogP contribution in [0.15, 0.2) is 18.2 Å². The number of alkyl carbamates (subject to hydrolysis) is 1. The number of aryl methyl sites for hydroxylation is 2. The Kier molecular flexibility index (Phi) is 9.68. The number of rotatable bonds is 10. The lowest BCUT2D eigenvalue weighted by Crippen LogP contribution is -2.49. The number of amides is 3. The van der Waals surface area contributed by atoms with Crippen molar-refractivity contribution in [1.29, 1.82) is 0 Å². The van der Waals surface area contributed by atoms with E-state index in [0.29, 0.717) is 5.56 Å². The van der Waals surface area contributed by atoms with Gasteiger partial charge < -0.3 is 25.0 Å². The molecule has 0 aliphatic heterocycles. The van der Waals surface area contributed by atoms with E-state index < -0.39 is 23.7 Å². The van der Waals surface area contributed by atoms with Crippen LogP contribution in [0.25, 0.3) is 0 Å². The van der Waals surface area contributed by atoms with Crippen LogP contribution in [0.4, 0.5) is 4.79 Å². The first-order chi connectivity index (χ1) is 16.3. The number of hydrogen-bond donors (Lipinski definition) is 2. The minimum Gasteiger partial charge on any atom is -0.466 e. The van der Waals surface area contributed by atoms with E-state index >= 15 is 0 Å². The number of esters is 1. The summed E-state index contributed by atoms with van der Waals surface area (Å²) in [6.07, 6.45) is 0.0970. The second-order valence-electron chi connectivity index (χ2n) is 10.0. The molecule has 194 valence electrons. The monoisotopic (exact) mass is 489 g/mol. The highest BCUT2D eigenvalue weighted by Gasteiger charge is 2.46. The molecule has 9 heteroatoms. The van der Waals surface area contributed by atoms with Crippen molar-refractivity contribution < 1.29 is 28.7 Å². The zero-order valence-corrected chi connectivity index (χ0v) is 21.9. The number of nitrogens with one attached hydrogen (secondary N) is 2. The highest BCUT2D eigenvalue weighted by molar-refractivity contribution is 5.91. The van der Waals surface area contributed by atoms with E-state index in [1.165, 1.54) is 0 Å². The lowest BCUT2D eigenvalue weighted by atomic mass is 9.96. The van der Waals surface area contributed by atoms with Gasteiger partial charge in [-0.1, -0.05) is 30.7 Å². The molecule has 2 rings (SSSR count). The van der Waals surface area contributed by atoms with Gasteiger partial charge in [0.25, 0.3) is 0 Å². The maximum absolute atomic E-state index is 13.5. The van der Waals surface area contributed by atoms with Crippen LogP contribution in [0.3, 0.4) is 0 Å². The lowest BCUT2D eigenvalue weighted by Gasteiger charge is -2.33. The van der Waals surface area contributed by atoms with Crippen molar-refractivity contribution in [3.8, 4) is 0 Å². The Morgan fingerprint density at radius 3 is 2.37 bits per heavy atom. The molecule has 0 spiro atoms. The maximum atomic E-state index is 13.5. The summed E-state index contributed by atoms with van der Waals surface area (Å²) in [6.45, 7) is 12.8. The highest BCUT2D eigenvalue weighted by Crippen LogP contribution is 2.41. The first kappa shape index (κ1) is 28.1. The predicted molar refractivity (Wildman–Crippen MR) is 132 cm³/mol. The van der Waals surface area contributed by atoms with Gasteiger partial charge in [0.1, 0.15) is 18.2 Å². The quantitative estimate of drug-likeness (QED) is 0.488. The summed E-state index contributed by atoms with van der Waals surface area (Å²) in [7, 11) is 0. The minimum absolute atomic E-state index is 0.0348. The van der Waals surface area contributed by atoms with E-state index in [-0.39, 0.29) is 49.9 Å². The van der Waals surface area contributed by atoms with E-state index in [0.717, 1.165) is 17.5 Å². The molecule has 0 radical (unpaired) electrons. The Bertz CT molecular complexity index is 940.